The van der Waals surface area contributed by atoms with Crippen molar-refractivity contribution in [2.75, 3.05) is 6.54 Å². The zero-order valence-electron chi connectivity index (χ0n) is 10.3. The Bertz CT molecular complexity index is 490. The van der Waals surface area contributed by atoms with Gasteiger partial charge in [0.1, 0.15) is 12.5 Å². The molecule has 0 radical (unpaired) electrons. The second kappa shape index (κ2) is 3.91. The van der Waals surface area contributed by atoms with Gasteiger partial charge in [0, 0.05) is 18.3 Å². The maximum Gasteiger partial charge on any atom is 0.149 e. The molecule has 0 spiro atoms. The molecule has 2 aliphatic heterocycles. The van der Waals surface area contributed by atoms with Gasteiger partial charge < -0.3 is 4.90 Å². The van der Waals surface area contributed by atoms with Crippen LogP contribution in [0, 0.1) is 0 Å². The van der Waals surface area contributed by atoms with Gasteiger partial charge in [-0.15, -0.1) is 0 Å². The predicted octanol–water partition coefficient (Wildman–Crippen LogP) is 2.81. The van der Waals surface area contributed by atoms with Crippen molar-refractivity contribution in [3.8, 4) is 0 Å². The van der Waals surface area contributed by atoms with Crippen molar-refractivity contribution < 1.29 is 0 Å². The van der Waals surface area contributed by atoms with Crippen LogP contribution in [0.15, 0.2) is 29.5 Å². The molecule has 17 heavy (non-hydrogen) atoms. The lowest BCUT2D eigenvalue weighted by atomic mass is 9.94. The zero-order valence-corrected chi connectivity index (χ0v) is 10.3. The van der Waals surface area contributed by atoms with Crippen molar-refractivity contribution in [1.29, 1.82) is 0 Å². The molecule has 0 saturated heterocycles. The summed E-state index contributed by atoms with van der Waals surface area (Å²) in [6.07, 6.45) is 7.54. The van der Waals surface area contributed by atoms with E-state index in [1.54, 1.807) is 0 Å². The van der Waals surface area contributed by atoms with E-state index >= 15 is 0 Å². The van der Waals surface area contributed by atoms with Crippen LogP contribution in [-0.4, -0.2) is 22.8 Å². The van der Waals surface area contributed by atoms with E-state index in [0.717, 1.165) is 13.0 Å². The highest BCUT2D eigenvalue weighted by Gasteiger charge is 2.32. The van der Waals surface area contributed by atoms with Gasteiger partial charge in [-0.05, 0) is 30.5 Å². The van der Waals surface area contributed by atoms with Crippen LogP contribution >= 0.6 is 0 Å². The van der Waals surface area contributed by atoms with Crippen LogP contribution in [0.1, 0.15) is 36.7 Å². The molecule has 0 aliphatic carbocycles. The van der Waals surface area contributed by atoms with Crippen LogP contribution in [0.25, 0.3) is 6.08 Å². The van der Waals surface area contributed by atoms with Gasteiger partial charge in [-0.1, -0.05) is 25.1 Å². The quantitative estimate of drug-likeness (QED) is 0.773. The first-order valence-electron chi connectivity index (χ1n) is 6.23. The van der Waals surface area contributed by atoms with Crippen LogP contribution in [0.3, 0.4) is 0 Å². The van der Waals surface area contributed by atoms with Crippen molar-refractivity contribution in [3.63, 3.8) is 0 Å². The monoisotopic (exact) mass is 227 g/mol. The smallest absolute Gasteiger partial charge is 0.149 e. The fourth-order valence-electron chi connectivity index (χ4n) is 2.65. The van der Waals surface area contributed by atoms with E-state index in [1.807, 2.05) is 6.34 Å². The van der Waals surface area contributed by atoms with Crippen LogP contribution in [0.5, 0.6) is 0 Å². The maximum absolute atomic E-state index is 4.46. The molecule has 0 bridgehead atoms. The first-order chi connectivity index (χ1) is 8.35. The summed E-state index contributed by atoms with van der Waals surface area (Å²) in [4.78, 5) is 2.19. The molecule has 0 amide bonds. The van der Waals surface area contributed by atoms with E-state index in [9.17, 15) is 0 Å². The van der Waals surface area contributed by atoms with Crippen molar-refractivity contribution in [2.24, 2.45) is 5.10 Å². The van der Waals surface area contributed by atoms with E-state index in [-0.39, 0.29) is 6.17 Å². The van der Waals surface area contributed by atoms with E-state index in [0.29, 0.717) is 0 Å². The van der Waals surface area contributed by atoms with Crippen molar-refractivity contribution in [3.05, 3.63) is 41.1 Å². The summed E-state index contributed by atoms with van der Waals surface area (Å²) in [5.74, 6) is 0. The molecule has 1 aromatic rings. The number of aryl methyl sites for hydroxylation is 1. The maximum atomic E-state index is 4.46. The lowest BCUT2D eigenvalue weighted by Crippen LogP contribution is -2.31. The van der Waals surface area contributed by atoms with Crippen LogP contribution in [-0.2, 0) is 6.42 Å². The van der Waals surface area contributed by atoms with Crippen molar-refractivity contribution in [1.82, 2.24) is 9.91 Å². The van der Waals surface area contributed by atoms with E-state index in [2.05, 4.69) is 59.3 Å². The average molecular weight is 227 g/mol. The molecular formula is C14H17N3. The Morgan fingerprint density at radius 3 is 2.94 bits per heavy atom. The average Bonchev–Trinajstić information content (AvgIpc) is 2.81. The number of hydrogen-bond donors (Lipinski definition) is 0. The fraction of sp³-hybridized carbons (Fsp3) is 0.357. The van der Waals surface area contributed by atoms with E-state index in [1.165, 1.54) is 16.7 Å². The molecule has 2 heterocycles. The van der Waals surface area contributed by atoms with Gasteiger partial charge in [-0.2, -0.15) is 5.10 Å². The van der Waals surface area contributed by atoms with Crippen LogP contribution < -0.4 is 0 Å². The van der Waals surface area contributed by atoms with Crippen molar-refractivity contribution >= 4 is 12.4 Å². The van der Waals surface area contributed by atoms with Gasteiger partial charge >= 0.3 is 0 Å². The lowest BCUT2D eigenvalue weighted by molar-refractivity contribution is 0.165. The Labute approximate surface area is 102 Å². The second-order valence-corrected chi connectivity index (χ2v) is 4.40. The van der Waals surface area contributed by atoms with Gasteiger partial charge in [0.2, 0.25) is 0 Å². The highest BCUT2D eigenvalue weighted by Crippen LogP contribution is 2.37. The normalized spacial score (nSPS) is 20.7. The minimum atomic E-state index is 0.260. The molecule has 0 N–H and O–H groups in total. The highest BCUT2D eigenvalue weighted by atomic mass is 15.6. The zero-order chi connectivity index (χ0) is 11.8. The lowest BCUT2D eigenvalue weighted by Gasteiger charge is -2.33. The largest absolute Gasteiger partial charge is 0.311 e. The minimum absolute atomic E-state index is 0.260. The number of nitrogens with zero attached hydrogens (tertiary/aromatic N) is 3. The molecule has 88 valence electrons. The Balaban J connectivity index is 2.14. The summed E-state index contributed by atoms with van der Waals surface area (Å²) in [7, 11) is 0. The summed E-state index contributed by atoms with van der Waals surface area (Å²) < 4.78 is 0. The first-order valence-corrected chi connectivity index (χ1v) is 6.23. The predicted molar refractivity (Wildman–Crippen MR) is 70.3 cm³/mol. The number of hydrogen-bond acceptors (Lipinski definition) is 3. The molecule has 0 aromatic heterocycles. The summed E-state index contributed by atoms with van der Waals surface area (Å²) in [6, 6.07) is 6.56. The molecule has 1 unspecified atom stereocenters. The fourth-order valence-corrected chi connectivity index (χ4v) is 2.65. The van der Waals surface area contributed by atoms with Crippen LogP contribution in [0.2, 0.25) is 0 Å². The van der Waals surface area contributed by atoms with Crippen molar-refractivity contribution in [2.45, 2.75) is 26.4 Å². The molecule has 3 heteroatoms. The van der Waals surface area contributed by atoms with Gasteiger partial charge in [0.05, 0.1) is 0 Å². The Morgan fingerprint density at radius 1 is 1.29 bits per heavy atom. The summed E-state index contributed by atoms with van der Waals surface area (Å²) in [5.41, 5.74) is 4.16. The number of rotatable bonds is 2. The second-order valence-electron chi connectivity index (χ2n) is 4.40. The van der Waals surface area contributed by atoms with E-state index < -0.39 is 0 Å². The molecule has 3 nitrogen and oxygen atoms in total. The third-order valence-electron chi connectivity index (χ3n) is 3.52. The van der Waals surface area contributed by atoms with Gasteiger partial charge in [-0.3, -0.25) is 5.01 Å². The Morgan fingerprint density at radius 2 is 2.18 bits per heavy atom. The molecule has 1 atom stereocenters. The molecule has 2 aliphatic rings. The third kappa shape index (κ3) is 1.46. The van der Waals surface area contributed by atoms with Gasteiger partial charge in [0.15, 0.2) is 0 Å². The summed E-state index contributed by atoms with van der Waals surface area (Å²) in [6.45, 7) is 5.29. The number of benzene rings is 1. The third-order valence-corrected chi connectivity index (χ3v) is 3.52. The van der Waals surface area contributed by atoms with Gasteiger partial charge in [0.25, 0.3) is 0 Å². The standard InChI is InChI=1S/C14H17N3/c1-3-11-6-5-7-12-8-9-16-10-15-17(4-2)14(16)13(11)12/h5-10,14H,3-4H2,1-2H3. The molecule has 0 fully saturated rings. The topological polar surface area (TPSA) is 18.8 Å². The van der Waals surface area contributed by atoms with E-state index in [4.69, 9.17) is 0 Å². The number of hydrazone groups is 1. The Hall–Kier alpha value is -1.77. The highest BCUT2D eigenvalue weighted by molar-refractivity contribution is 5.68. The SMILES string of the molecule is CCc1cccc2c1C1N(C=C2)C=NN1CC. The van der Waals surface area contributed by atoms with Crippen LogP contribution in [0.4, 0.5) is 0 Å². The number of fused-ring (bicyclic) bond motifs is 3. The summed E-state index contributed by atoms with van der Waals surface area (Å²) >= 11 is 0. The minimum Gasteiger partial charge on any atom is -0.311 e. The molecule has 3 rings (SSSR count). The summed E-state index contributed by atoms with van der Waals surface area (Å²) in [5, 5.41) is 6.60. The molecule has 1 aromatic carbocycles. The molecular weight excluding hydrogens is 210 g/mol. The molecule has 0 saturated carbocycles. The van der Waals surface area contributed by atoms with Gasteiger partial charge in [-0.25, -0.2) is 0 Å². The first kappa shape index (κ1) is 10.4. The Kier molecular flexibility index (Phi) is 2.39.